The van der Waals surface area contributed by atoms with Gasteiger partial charge in [0, 0.05) is 12.4 Å². The summed E-state index contributed by atoms with van der Waals surface area (Å²) >= 11 is 0. The molecule has 1 atom stereocenters. The molecule has 0 spiro atoms. The maximum absolute atomic E-state index is 12.0. The molecule has 0 aliphatic carbocycles. The number of hydrogen-bond acceptors (Lipinski definition) is 4. The molecule has 2 N–H and O–H groups in total. The van der Waals surface area contributed by atoms with Gasteiger partial charge in [-0.15, -0.1) is 0 Å². The number of rotatable bonds is 3. The Morgan fingerprint density at radius 3 is 2.95 bits per heavy atom. The fourth-order valence-corrected chi connectivity index (χ4v) is 2.36. The number of nitrogens with one attached hydrogen (secondary N) is 2. The molecule has 2 aromatic heterocycles. The van der Waals surface area contributed by atoms with E-state index < -0.39 is 0 Å². The van der Waals surface area contributed by atoms with Gasteiger partial charge >= 0.3 is 0 Å². The van der Waals surface area contributed by atoms with Crippen molar-refractivity contribution in [3.8, 4) is 5.82 Å². The van der Waals surface area contributed by atoms with Gasteiger partial charge in [-0.25, -0.2) is 9.97 Å². The van der Waals surface area contributed by atoms with Gasteiger partial charge in [-0.05, 0) is 38.4 Å². The van der Waals surface area contributed by atoms with Crippen LogP contribution in [0, 0.1) is 6.92 Å². The molecular formula is C14H17N5O. The predicted octanol–water partition coefficient (Wildman–Crippen LogP) is 1.27. The summed E-state index contributed by atoms with van der Waals surface area (Å²) in [4.78, 5) is 20.5. The van der Waals surface area contributed by atoms with Crippen LogP contribution in [0.3, 0.4) is 0 Å². The Labute approximate surface area is 117 Å². The normalized spacial score (nSPS) is 18.1. The second-order valence-electron chi connectivity index (χ2n) is 4.89. The molecule has 0 saturated carbocycles. The Morgan fingerprint density at radius 1 is 1.45 bits per heavy atom. The first-order chi connectivity index (χ1) is 9.74. The van der Waals surface area contributed by atoms with E-state index in [4.69, 9.17) is 0 Å². The molecule has 2 aromatic rings. The summed E-state index contributed by atoms with van der Waals surface area (Å²) in [6.45, 7) is 2.83. The number of hydrogen-bond donors (Lipinski definition) is 2. The smallest absolute Gasteiger partial charge is 0.241 e. The zero-order valence-electron chi connectivity index (χ0n) is 11.3. The summed E-state index contributed by atoms with van der Waals surface area (Å²) in [7, 11) is 0. The highest BCUT2D eigenvalue weighted by Gasteiger charge is 2.21. The molecule has 1 amide bonds. The van der Waals surface area contributed by atoms with Crippen molar-refractivity contribution in [2.45, 2.75) is 25.8 Å². The first-order valence-electron chi connectivity index (χ1n) is 6.74. The van der Waals surface area contributed by atoms with Gasteiger partial charge in [0.15, 0.2) is 0 Å². The molecule has 1 aliphatic rings. The first kappa shape index (κ1) is 12.8. The SMILES string of the molecule is Cc1nccn1-c1ccc(NC(=O)C2CCCN2)cn1. The van der Waals surface area contributed by atoms with Crippen molar-refractivity contribution >= 4 is 11.6 Å². The highest BCUT2D eigenvalue weighted by atomic mass is 16.2. The molecular weight excluding hydrogens is 254 g/mol. The lowest BCUT2D eigenvalue weighted by molar-refractivity contribution is -0.117. The number of aryl methyl sites for hydroxylation is 1. The summed E-state index contributed by atoms with van der Waals surface area (Å²) in [6, 6.07) is 3.65. The van der Waals surface area contributed by atoms with Crippen LogP contribution in [0.1, 0.15) is 18.7 Å². The van der Waals surface area contributed by atoms with Gasteiger partial charge in [0.25, 0.3) is 0 Å². The number of anilines is 1. The fourth-order valence-electron chi connectivity index (χ4n) is 2.36. The van der Waals surface area contributed by atoms with E-state index in [1.807, 2.05) is 29.8 Å². The molecule has 0 radical (unpaired) electrons. The average molecular weight is 271 g/mol. The van der Waals surface area contributed by atoms with E-state index in [1.165, 1.54) is 0 Å². The highest BCUT2D eigenvalue weighted by Crippen LogP contribution is 2.13. The lowest BCUT2D eigenvalue weighted by Gasteiger charge is -2.11. The Hall–Kier alpha value is -2.21. The second kappa shape index (κ2) is 5.42. The summed E-state index contributed by atoms with van der Waals surface area (Å²) in [5, 5.41) is 6.06. The summed E-state index contributed by atoms with van der Waals surface area (Å²) < 4.78 is 1.89. The molecule has 1 saturated heterocycles. The molecule has 1 aliphatic heterocycles. The van der Waals surface area contributed by atoms with Gasteiger partial charge in [-0.3, -0.25) is 9.36 Å². The lowest BCUT2D eigenvalue weighted by atomic mass is 10.2. The fraction of sp³-hybridized carbons (Fsp3) is 0.357. The Bertz CT molecular complexity index is 598. The van der Waals surface area contributed by atoms with Gasteiger partial charge in [0.1, 0.15) is 11.6 Å². The van der Waals surface area contributed by atoms with Crippen molar-refractivity contribution in [1.82, 2.24) is 19.9 Å². The summed E-state index contributed by atoms with van der Waals surface area (Å²) in [6.07, 6.45) is 7.21. The molecule has 0 aromatic carbocycles. The van der Waals surface area contributed by atoms with Crippen molar-refractivity contribution in [1.29, 1.82) is 0 Å². The predicted molar refractivity (Wildman–Crippen MR) is 75.8 cm³/mol. The van der Waals surface area contributed by atoms with E-state index in [-0.39, 0.29) is 11.9 Å². The third-order valence-electron chi connectivity index (χ3n) is 3.46. The summed E-state index contributed by atoms with van der Waals surface area (Å²) in [5.41, 5.74) is 0.713. The molecule has 20 heavy (non-hydrogen) atoms. The molecule has 3 heterocycles. The van der Waals surface area contributed by atoms with E-state index in [2.05, 4.69) is 20.6 Å². The van der Waals surface area contributed by atoms with Crippen LogP contribution in [0.25, 0.3) is 5.82 Å². The Kier molecular flexibility index (Phi) is 3.47. The zero-order chi connectivity index (χ0) is 13.9. The van der Waals surface area contributed by atoms with Crippen LogP contribution in [0.5, 0.6) is 0 Å². The van der Waals surface area contributed by atoms with Gasteiger partial charge in [0.05, 0.1) is 17.9 Å². The molecule has 6 heteroatoms. The van der Waals surface area contributed by atoms with Crippen molar-refractivity contribution in [2.75, 3.05) is 11.9 Å². The Morgan fingerprint density at radius 2 is 2.35 bits per heavy atom. The highest BCUT2D eigenvalue weighted by molar-refractivity contribution is 5.94. The number of carbonyl (C=O) groups excluding carboxylic acids is 1. The summed E-state index contributed by atoms with van der Waals surface area (Å²) in [5.74, 6) is 1.68. The number of imidazole rings is 1. The topological polar surface area (TPSA) is 71.8 Å². The standard InChI is InChI=1S/C14H17N5O/c1-10-15-7-8-19(10)13-5-4-11(9-17-13)18-14(20)12-3-2-6-16-12/h4-5,7-9,12,16H,2-3,6H2,1H3,(H,18,20). The van der Waals surface area contributed by atoms with Crippen molar-refractivity contribution in [3.63, 3.8) is 0 Å². The average Bonchev–Trinajstić information content (AvgIpc) is 3.11. The van der Waals surface area contributed by atoms with Crippen molar-refractivity contribution in [3.05, 3.63) is 36.5 Å². The van der Waals surface area contributed by atoms with Crippen LogP contribution in [-0.4, -0.2) is 33.0 Å². The monoisotopic (exact) mass is 271 g/mol. The molecule has 1 unspecified atom stereocenters. The third-order valence-corrected chi connectivity index (χ3v) is 3.46. The minimum atomic E-state index is -0.0782. The van der Waals surface area contributed by atoms with Crippen LogP contribution >= 0.6 is 0 Å². The molecule has 3 rings (SSSR count). The van der Waals surface area contributed by atoms with Crippen LogP contribution in [-0.2, 0) is 4.79 Å². The number of pyridine rings is 1. The van der Waals surface area contributed by atoms with E-state index in [0.717, 1.165) is 31.0 Å². The third kappa shape index (κ3) is 2.55. The number of amides is 1. The minimum absolute atomic E-state index is 0.0101. The van der Waals surface area contributed by atoms with Crippen LogP contribution in [0.4, 0.5) is 5.69 Å². The zero-order valence-corrected chi connectivity index (χ0v) is 11.3. The maximum Gasteiger partial charge on any atom is 0.241 e. The number of nitrogens with zero attached hydrogens (tertiary/aromatic N) is 3. The van der Waals surface area contributed by atoms with E-state index in [0.29, 0.717) is 5.69 Å². The number of aromatic nitrogens is 3. The van der Waals surface area contributed by atoms with E-state index >= 15 is 0 Å². The Balaban J connectivity index is 1.70. The largest absolute Gasteiger partial charge is 0.323 e. The molecule has 6 nitrogen and oxygen atoms in total. The number of carbonyl (C=O) groups is 1. The molecule has 1 fully saturated rings. The van der Waals surface area contributed by atoms with Gasteiger partial charge in [-0.1, -0.05) is 0 Å². The maximum atomic E-state index is 12.0. The van der Waals surface area contributed by atoms with Crippen molar-refractivity contribution < 1.29 is 4.79 Å². The van der Waals surface area contributed by atoms with Crippen LogP contribution in [0.2, 0.25) is 0 Å². The van der Waals surface area contributed by atoms with Gasteiger partial charge < -0.3 is 10.6 Å². The minimum Gasteiger partial charge on any atom is -0.323 e. The van der Waals surface area contributed by atoms with Crippen molar-refractivity contribution in [2.24, 2.45) is 0 Å². The van der Waals surface area contributed by atoms with Gasteiger partial charge in [-0.2, -0.15) is 0 Å². The second-order valence-corrected chi connectivity index (χ2v) is 4.89. The first-order valence-corrected chi connectivity index (χ1v) is 6.74. The van der Waals surface area contributed by atoms with Gasteiger partial charge in [0.2, 0.25) is 5.91 Å². The molecule has 104 valence electrons. The quantitative estimate of drug-likeness (QED) is 0.881. The van der Waals surface area contributed by atoms with E-state index in [1.54, 1.807) is 12.4 Å². The van der Waals surface area contributed by atoms with Crippen LogP contribution in [0.15, 0.2) is 30.7 Å². The lowest BCUT2D eigenvalue weighted by Crippen LogP contribution is -2.35. The molecule has 0 bridgehead atoms. The van der Waals surface area contributed by atoms with E-state index in [9.17, 15) is 4.79 Å². The van der Waals surface area contributed by atoms with Crippen LogP contribution < -0.4 is 10.6 Å².